The molecule has 0 amide bonds. The van der Waals surface area contributed by atoms with E-state index in [9.17, 15) is 4.79 Å². The van der Waals surface area contributed by atoms with E-state index in [0.717, 1.165) is 5.56 Å². The van der Waals surface area contributed by atoms with E-state index in [1.165, 1.54) is 11.6 Å². The number of phenols is 2. The first-order valence-corrected chi connectivity index (χ1v) is 5.53. The van der Waals surface area contributed by atoms with Gasteiger partial charge in [-0.05, 0) is 38.1 Å². The van der Waals surface area contributed by atoms with Crippen LogP contribution in [0.1, 0.15) is 21.5 Å². The second-order valence-corrected chi connectivity index (χ2v) is 4.02. The average molecular weight is 244 g/mol. The van der Waals surface area contributed by atoms with Gasteiger partial charge in [0, 0.05) is 0 Å². The van der Waals surface area contributed by atoms with Crippen molar-refractivity contribution in [3.63, 3.8) is 0 Å². The Labute approximate surface area is 106 Å². The minimum absolute atomic E-state index is 0.0422. The van der Waals surface area contributed by atoms with Gasteiger partial charge in [-0.1, -0.05) is 29.3 Å². The Morgan fingerprint density at radius 1 is 0.889 bits per heavy atom. The van der Waals surface area contributed by atoms with Gasteiger partial charge in [0.1, 0.15) is 11.5 Å². The Kier molecular flexibility index (Phi) is 4.93. The van der Waals surface area contributed by atoms with E-state index in [2.05, 4.69) is 0 Å². The number of aldehydes is 1. The first-order valence-electron chi connectivity index (χ1n) is 5.53. The molecule has 0 heterocycles. The molecule has 0 spiro atoms. The van der Waals surface area contributed by atoms with Crippen LogP contribution in [-0.2, 0) is 0 Å². The van der Waals surface area contributed by atoms with E-state index >= 15 is 0 Å². The van der Waals surface area contributed by atoms with Gasteiger partial charge >= 0.3 is 0 Å². The maximum atomic E-state index is 10.2. The van der Waals surface area contributed by atoms with E-state index in [1.807, 2.05) is 26.0 Å². The van der Waals surface area contributed by atoms with Gasteiger partial charge in [-0.15, -0.1) is 0 Å². The fourth-order valence-corrected chi connectivity index (χ4v) is 1.31. The summed E-state index contributed by atoms with van der Waals surface area (Å²) in [5, 5.41) is 17.8. The number of carbonyl (C=O) groups excluding carboxylic acids is 1. The fraction of sp³-hybridized carbons (Fsp3) is 0.133. The Bertz CT molecular complexity index is 495. The summed E-state index contributed by atoms with van der Waals surface area (Å²) >= 11 is 0. The van der Waals surface area contributed by atoms with Crippen molar-refractivity contribution in [1.82, 2.24) is 0 Å². The predicted octanol–water partition coefficient (Wildman–Crippen LogP) is 3.21. The van der Waals surface area contributed by atoms with Crippen LogP contribution >= 0.6 is 0 Å². The van der Waals surface area contributed by atoms with Crippen molar-refractivity contribution in [3.05, 3.63) is 59.2 Å². The van der Waals surface area contributed by atoms with Crippen molar-refractivity contribution in [3.8, 4) is 11.5 Å². The highest BCUT2D eigenvalue weighted by atomic mass is 16.3. The highest BCUT2D eigenvalue weighted by Gasteiger charge is 1.96. The summed E-state index contributed by atoms with van der Waals surface area (Å²) in [5.41, 5.74) is 2.49. The molecule has 3 nitrogen and oxygen atoms in total. The topological polar surface area (TPSA) is 57.5 Å². The van der Waals surface area contributed by atoms with Crippen LogP contribution < -0.4 is 0 Å². The first kappa shape index (κ1) is 13.8. The van der Waals surface area contributed by atoms with Gasteiger partial charge in [-0.25, -0.2) is 0 Å². The van der Waals surface area contributed by atoms with E-state index < -0.39 is 0 Å². The molecule has 3 heteroatoms. The van der Waals surface area contributed by atoms with Crippen LogP contribution in [0.4, 0.5) is 0 Å². The van der Waals surface area contributed by atoms with E-state index in [1.54, 1.807) is 24.3 Å². The molecule has 94 valence electrons. The number of carbonyl (C=O) groups is 1. The molecule has 0 fully saturated rings. The Morgan fingerprint density at radius 3 is 1.89 bits per heavy atom. The summed E-state index contributed by atoms with van der Waals surface area (Å²) in [7, 11) is 0. The van der Waals surface area contributed by atoms with Gasteiger partial charge in [0.15, 0.2) is 6.29 Å². The molecular weight excluding hydrogens is 228 g/mol. The van der Waals surface area contributed by atoms with Crippen molar-refractivity contribution in [2.24, 2.45) is 0 Å². The molecule has 0 saturated carbocycles. The van der Waals surface area contributed by atoms with Crippen LogP contribution in [0, 0.1) is 13.8 Å². The molecule has 2 rings (SSSR count). The molecule has 0 atom stereocenters. The van der Waals surface area contributed by atoms with E-state index in [4.69, 9.17) is 10.2 Å². The molecule has 2 N–H and O–H groups in total. The lowest BCUT2D eigenvalue weighted by Gasteiger charge is -1.96. The fourth-order valence-electron chi connectivity index (χ4n) is 1.31. The van der Waals surface area contributed by atoms with Crippen molar-refractivity contribution in [1.29, 1.82) is 0 Å². The maximum absolute atomic E-state index is 10.2. The summed E-state index contributed by atoms with van der Waals surface area (Å²) in [6.45, 7) is 3.85. The normalized spacial score (nSPS) is 9.22. The predicted molar refractivity (Wildman–Crippen MR) is 71.1 cm³/mol. The van der Waals surface area contributed by atoms with Gasteiger partial charge < -0.3 is 10.2 Å². The van der Waals surface area contributed by atoms with Gasteiger partial charge in [-0.3, -0.25) is 4.79 Å². The second-order valence-electron chi connectivity index (χ2n) is 4.02. The minimum Gasteiger partial charge on any atom is -0.508 e. The molecule has 0 radical (unpaired) electrons. The van der Waals surface area contributed by atoms with Gasteiger partial charge in [0.25, 0.3) is 0 Å². The third-order valence-corrected chi connectivity index (χ3v) is 2.34. The molecule has 2 aromatic carbocycles. The van der Waals surface area contributed by atoms with Crippen LogP contribution in [0.3, 0.4) is 0 Å². The zero-order chi connectivity index (χ0) is 13.5. The number of benzene rings is 2. The van der Waals surface area contributed by atoms with Crippen molar-refractivity contribution in [2.75, 3.05) is 0 Å². The third-order valence-electron chi connectivity index (χ3n) is 2.34. The summed E-state index contributed by atoms with van der Waals surface area (Å²) < 4.78 is 0. The van der Waals surface area contributed by atoms with Crippen LogP contribution in [0.5, 0.6) is 11.5 Å². The molecule has 2 aromatic rings. The lowest BCUT2D eigenvalue weighted by molar-refractivity contribution is 0.112. The molecule has 0 aliphatic rings. The van der Waals surface area contributed by atoms with Crippen molar-refractivity contribution < 1.29 is 15.0 Å². The average Bonchev–Trinajstić information content (AvgIpc) is 2.37. The smallest absolute Gasteiger partial charge is 0.153 e. The number of rotatable bonds is 1. The van der Waals surface area contributed by atoms with Crippen LogP contribution in [0.25, 0.3) is 0 Å². The Morgan fingerprint density at radius 2 is 1.44 bits per heavy atom. The lowest BCUT2D eigenvalue weighted by Crippen LogP contribution is -1.81. The third kappa shape index (κ3) is 4.29. The van der Waals surface area contributed by atoms with E-state index in [-0.39, 0.29) is 5.75 Å². The summed E-state index contributed by atoms with van der Waals surface area (Å²) in [5.74, 6) is 0.371. The molecule has 0 aliphatic heterocycles. The lowest BCUT2D eigenvalue weighted by atomic mass is 10.1. The van der Waals surface area contributed by atoms with Gasteiger partial charge in [0.2, 0.25) is 0 Å². The Balaban J connectivity index is 0.000000184. The number of aryl methyl sites for hydroxylation is 2. The molecular formula is C15H16O3. The molecule has 0 unspecified atom stereocenters. The minimum atomic E-state index is 0.0422. The molecule has 0 bridgehead atoms. The first-order chi connectivity index (χ1) is 8.52. The summed E-state index contributed by atoms with van der Waals surface area (Å²) in [6, 6.07) is 12.0. The van der Waals surface area contributed by atoms with Crippen LogP contribution in [-0.4, -0.2) is 16.5 Å². The Hall–Kier alpha value is -2.29. The van der Waals surface area contributed by atoms with Crippen molar-refractivity contribution in [2.45, 2.75) is 13.8 Å². The monoisotopic (exact) mass is 244 g/mol. The largest absolute Gasteiger partial charge is 0.508 e. The SMILES string of the molecule is Cc1ccc(O)c(C=O)c1.Cc1ccc(O)cc1. The van der Waals surface area contributed by atoms with Crippen molar-refractivity contribution >= 4 is 6.29 Å². The molecule has 0 aliphatic carbocycles. The number of phenolic OH excluding ortho intramolecular Hbond substituents is 2. The van der Waals surface area contributed by atoms with Crippen LogP contribution in [0.15, 0.2) is 42.5 Å². The molecule has 18 heavy (non-hydrogen) atoms. The summed E-state index contributed by atoms with van der Waals surface area (Å²) in [4.78, 5) is 10.2. The number of aromatic hydroxyl groups is 2. The zero-order valence-corrected chi connectivity index (χ0v) is 10.4. The maximum Gasteiger partial charge on any atom is 0.153 e. The highest BCUT2D eigenvalue weighted by Crippen LogP contribution is 2.15. The standard InChI is InChI=1S/C8H8O2.C7H8O/c1-6-2-3-8(10)7(4-6)5-9;1-6-2-4-7(8)5-3-6/h2-5,10H,1H3;2-5,8H,1H3. The number of hydrogen-bond donors (Lipinski definition) is 2. The molecule has 0 aromatic heterocycles. The zero-order valence-electron chi connectivity index (χ0n) is 10.4. The van der Waals surface area contributed by atoms with Crippen LogP contribution in [0.2, 0.25) is 0 Å². The second kappa shape index (κ2) is 6.45. The highest BCUT2D eigenvalue weighted by molar-refractivity contribution is 5.79. The van der Waals surface area contributed by atoms with E-state index in [0.29, 0.717) is 17.6 Å². The quantitative estimate of drug-likeness (QED) is 0.757. The molecule has 0 saturated heterocycles. The number of hydrogen-bond acceptors (Lipinski definition) is 3. The van der Waals surface area contributed by atoms with Gasteiger partial charge in [0.05, 0.1) is 5.56 Å². The van der Waals surface area contributed by atoms with Gasteiger partial charge in [-0.2, -0.15) is 0 Å². The summed E-state index contributed by atoms with van der Waals surface area (Å²) in [6.07, 6.45) is 0.641.